The van der Waals surface area contributed by atoms with Crippen LogP contribution in [0.15, 0.2) is 30.3 Å². The number of likely N-dealkylation sites (N-methyl/N-ethyl adjacent to an activating group) is 1. The highest BCUT2D eigenvalue weighted by atomic mass is 35.5. The summed E-state index contributed by atoms with van der Waals surface area (Å²) >= 11 is 6.11. The average Bonchev–Trinajstić information content (AvgIpc) is 2.78. The molecule has 1 aromatic carbocycles. The zero-order valence-corrected chi connectivity index (χ0v) is 13.1. The molecule has 2 aromatic rings. The molecule has 1 N–H and O–H groups in total. The van der Waals surface area contributed by atoms with E-state index < -0.39 is 0 Å². The van der Waals surface area contributed by atoms with Gasteiger partial charge in [0.05, 0.1) is 5.69 Å². The molecule has 2 rings (SSSR count). The number of hydrogen-bond acceptors (Lipinski definition) is 2. The predicted octanol–water partition coefficient (Wildman–Crippen LogP) is 3.76. The first-order valence-corrected chi connectivity index (χ1v) is 7.54. The van der Waals surface area contributed by atoms with Crippen molar-refractivity contribution in [2.45, 2.75) is 39.8 Å². The zero-order chi connectivity index (χ0) is 14.5. The fourth-order valence-corrected chi connectivity index (χ4v) is 2.72. The van der Waals surface area contributed by atoms with Gasteiger partial charge >= 0.3 is 0 Å². The summed E-state index contributed by atoms with van der Waals surface area (Å²) < 4.78 is 2.07. The molecule has 0 radical (unpaired) electrons. The van der Waals surface area contributed by atoms with Gasteiger partial charge in [0.15, 0.2) is 0 Å². The van der Waals surface area contributed by atoms with E-state index in [1.807, 2.05) is 25.1 Å². The molecule has 1 heterocycles. The van der Waals surface area contributed by atoms with Gasteiger partial charge in [-0.2, -0.15) is 5.10 Å². The van der Waals surface area contributed by atoms with Gasteiger partial charge in [-0.25, -0.2) is 0 Å². The summed E-state index contributed by atoms with van der Waals surface area (Å²) in [4.78, 5) is 0. The van der Waals surface area contributed by atoms with E-state index in [0.717, 1.165) is 30.2 Å². The maximum Gasteiger partial charge on any atom is 0.0596 e. The van der Waals surface area contributed by atoms with E-state index in [1.54, 1.807) is 0 Å². The molecule has 1 aromatic heterocycles. The molecule has 0 saturated carbocycles. The average molecular weight is 292 g/mol. The van der Waals surface area contributed by atoms with Crippen molar-refractivity contribution in [1.82, 2.24) is 15.1 Å². The lowest BCUT2D eigenvalue weighted by Gasteiger charge is -2.19. The molecule has 0 saturated heterocycles. The molecule has 0 aliphatic heterocycles. The molecule has 0 bridgehead atoms. The van der Waals surface area contributed by atoms with Crippen LogP contribution < -0.4 is 5.32 Å². The predicted molar refractivity (Wildman–Crippen MR) is 84.2 cm³/mol. The standard InChI is InChI=1S/C16H22ClN3/c1-4-18-16(13-7-6-8-14(17)10-13)11-15-9-12(3)19-20(15)5-2/h6-10,16,18H,4-5,11H2,1-3H3. The second-order valence-electron chi connectivity index (χ2n) is 4.96. The van der Waals surface area contributed by atoms with Gasteiger partial charge in [-0.3, -0.25) is 4.68 Å². The number of aromatic nitrogens is 2. The second-order valence-corrected chi connectivity index (χ2v) is 5.40. The first kappa shape index (κ1) is 15.1. The molecular weight excluding hydrogens is 270 g/mol. The second kappa shape index (κ2) is 6.91. The van der Waals surface area contributed by atoms with Crippen LogP contribution in [-0.2, 0) is 13.0 Å². The van der Waals surface area contributed by atoms with Crippen molar-refractivity contribution in [2.24, 2.45) is 0 Å². The summed E-state index contributed by atoms with van der Waals surface area (Å²) in [5, 5.41) is 8.83. The normalized spacial score (nSPS) is 12.6. The van der Waals surface area contributed by atoms with Crippen LogP contribution in [0.4, 0.5) is 0 Å². The molecule has 0 fully saturated rings. The van der Waals surface area contributed by atoms with Gasteiger partial charge < -0.3 is 5.32 Å². The van der Waals surface area contributed by atoms with Gasteiger partial charge in [-0.15, -0.1) is 0 Å². The Balaban J connectivity index is 2.25. The highest BCUT2D eigenvalue weighted by molar-refractivity contribution is 6.30. The number of rotatable bonds is 6. The van der Waals surface area contributed by atoms with E-state index in [0.29, 0.717) is 0 Å². The molecule has 0 amide bonds. The molecule has 0 aliphatic rings. The van der Waals surface area contributed by atoms with E-state index in [-0.39, 0.29) is 6.04 Å². The van der Waals surface area contributed by atoms with Crippen LogP contribution in [0.3, 0.4) is 0 Å². The molecule has 1 atom stereocenters. The van der Waals surface area contributed by atoms with Gasteiger partial charge in [0.25, 0.3) is 0 Å². The van der Waals surface area contributed by atoms with E-state index in [2.05, 4.69) is 41.1 Å². The third-order valence-corrected chi connectivity index (χ3v) is 3.63. The molecule has 4 heteroatoms. The van der Waals surface area contributed by atoms with Gasteiger partial charge in [0.1, 0.15) is 0 Å². The number of nitrogens with one attached hydrogen (secondary N) is 1. The van der Waals surface area contributed by atoms with Crippen LogP contribution in [0.2, 0.25) is 5.02 Å². The minimum absolute atomic E-state index is 0.264. The number of halogens is 1. The summed E-state index contributed by atoms with van der Waals surface area (Å²) in [5.41, 5.74) is 3.56. The maximum atomic E-state index is 6.11. The molecule has 3 nitrogen and oxygen atoms in total. The Morgan fingerprint density at radius 3 is 2.75 bits per heavy atom. The van der Waals surface area contributed by atoms with Crippen molar-refractivity contribution in [3.8, 4) is 0 Å². The lowest BCUT2D eigenvalue weighted by Crippen LogP contribution is -2.24. The topological polar surface area (TPSA) is 29.9 Å². The number of benzene rings is 1. The Hall–Kier alpha value is -1.32. The van der Waals surface area contributed by atoms with E-state index in [4.69, 9.17) is 11.6 Å². The monoisotopic (exact) mass is 291 g/mol. The lowest BCUT2D eigenvalue weighted by atomic mass is 10.0. The van der Waals surface area contributed by atoms with E-state index in [1.165, 1.54) is 11.3 Å². The Morgan fingerprint density at radius 2 is 2.10 bits per heavy atom. The minimum atomic E-state index is 0.264. The first-order valence-electron chi connectivity index (χ1n) is 7.16. The Morgan fingerprint density at radius 1 is 1.30 bits per heavy atom. The molecule has 0 aliphatic carbocycles. The number of aryl methyl sites for hydroxylation is 2. The molecule has 0 spiro atoms. The molecule has 1 unspecified atom stereocenters. The smallest absolute Gasteiger partial charge is 0.0596 e. The third-order valence-electron chi connectivity index (χ3n) is 3.40. The maximum absolute atomic E-state index is 6.11. The summed E-state index contributed by atoms with van der Waals surface area (Å²) in [7, 11) is 0. The van der Waals surface area contributed by atoms with Crippen LogP contribution in [0.25, 0.3) is 0 Å². The zero-order valence-electron chi connectivity index (χ0n) is 12.4. The van der Waals surface area contributed by atoms with Crippen molar-refractivity contribution in [3.63, 3.8) is 0 Å². The summed E-state index contributed by atoms with van der Waals surface area (Å²) in [6, 6.07) is 10.5. The Bertz CT molecular complexity index is 563. The SMILES string of the molecule is CCNC(Cc1cc(C)nn1CC)c1cccc(Cl)c1. The highest BCUT2D eigenvalue weighted by Crippen LogP contribution is 2.22. The third kappa shape index (κ3) is 3.62. The number of nitrogens with zero attached hydrogens (tertiary/aromatic N) is 2. The molecule has 108 valence electrons. The largest absolute Gasteiger partial charge is 0.310 e. The van der Waals surface area contributed by atoms with Crippen LogP contribution >= 0.6 is 11.6 Å². The summed E-state index contributed by atoms with van der Waals surface area (Å²) in [6.07, 6.45) is 0.920. The van der Waals surface area contributed by atoms with E-state index in [9.17, 15) is 0 Å². The van der Waals surface area contributed by atoms with Crippen molar-refractivity contribution in [1.29, 1.82) is 0 Å². The van der Waals surface area contributed by atoms with Crippen molar-refractivity contribution in [2.75, 3.05) is 6.54 Å². The van der Waals surface area contributed by atoms with Crippen molar-refractivity contribution in [3.05, 3.63) is 52.3 Å². The molecule has 20 heavy (non-hydrogen) atoms. The quantitative estimate of drug-likeness (QED) is 0.878. The lowest BCUT2D eigenvalue weighted by molar-refractivity contribution is 0.516. The minimum Gasteiger partial charge on any atom is -0.310 e. The highest BCUT2D eigenvalue weighted by Gasteiger charge is 2.14. The first-order chi connectivity index (χ1) is 9.63. The van der Waals surface area contributed by atoms with Crippen LogP contribution in [0.1, 0.15) is 36.8 Å². The van der Waals surface area contributed by atoms with Gasteiger partial charge in [0.2, 0.25) is 0 Å². The van der Waals surface area contributed by atoms with Gasteiger partial charge in [-0.05, 0) is 44.2 Å². The van der Waals surface area contributed by atoms with Crippen LogP contribution in [0, 0.1) is 6.92 Å². The summed E-state index contributed by atoms with van der Waals surface area (Å²) in [6.45, 7) is 8.11. The van der Waals surface area contributed by atoms with Gasteiger partial charge in [-0.1, -0.05) is 30.7 Å². The van der Waals surface area contributed by atoms with E-state index >= 15 is 0 Å². The van der Waals surface area contributed by atoms with Crippen LogP contribution in [-0.4, -0.2) is 16.3 Å². The van der Waals surface area contributed by atoms with Gasteiger partial charge in [0, 0.05) is 29.7 Å². The van der Waals surface area contributed by atoms with Crippen LogP contribution in [0.5, 0.6) is 0 Å². The fourth-order valence-electron chi connectivity index (χ4n) is 2.52. The molecular formula is C16H22ClN3. The fraction of sp³-hybridized carbons (Fsp3) is 0.438. The Labute approximate surface area is 126 Å². The Kier molecular flexibility index (Phi) is 5.21. The van der Waals surface area contributed by atoms with Crippen molar-refractivity contribution >= 4 is 11.6 Å². The van der Waals surface area contributed by atoms with Crippen molar-refractivity contribution < 1.29 is 0 Å². The summed E-state index contributed by atoms with van der Waals surface area (Å²) in [5.74, 6) is 0. The number of hydrogen-bond donors (Lipinski definition) is 1.